The van der Waals surface area contributed by atoms with Gasteiger partial charge >= 0.3 is 25.7 Å². The molecule has 0 spiro atoms. The minimum Gasteiger partial charge on any atom is -0.464 e. The molecule has 1 unspecified atom stereocenters. The number of benzene rings is 1. The van der Waals surface area contributed by atoms with Crippen LogP contribution in [0, 0.1) is 23.2 Å². The number of fused-ring (bicyclic) bond motifs is 1. The Morgan fingerprint density at radius 2 is 1.73 bits per heavy atom. The molecule has 3 heterocycles. The fourth-order valence-corrected chi connectivity index (χ4v) is 6.46. The second kappa shape index (κ2) is 17.1. The van der Waals surface area contributed by atoms with E-state index in [0.717, 1.165) is 0 Å². The van der Waals surface area contributed by atoms with E-state index >= 15 is 0 Å². The Morgan fingerprint density at radius 3 is 2.37 bits per heavy atom. The number of anilines is 1. The number of hydrogen-bond acceptors (Lipinski definition) is 15. The third-order valence-corrected chi connectivity index (χ3v) is 9.31. The van der Waals surface area contributed by atoms with Gasteiger partial charge in [0.05, 0.1) is 24.1 Å². The number of carbonyl (C=O) groups excluding carboxylic acids is 3. The molecule has 0 bridgehead atoms. The topological polar surface area (TPSA) is 225 Å². The van der Waals surface area contributed by atoms with E-state index in [9.17, 15) is 24.2 Å². The largest absolute Gasteiger partial charge is 0.464 e. The predicted octanol–water partition coefficient (Wildman–Crippen LogP) is 3.54. The number of nitrogens with zero attached hydrogens (tertiary/aromatic N) is 4. The summed E-state index contributed by atoms with van der Waals surface area (Å²) in [5.41, 5.74) is 4.46. The van der Waals surface area contributed by atoms with Gasteiger partial charge in [0.25, 0.3) is 0 Å². The lowest BCUT2D eigenvalue weighted by Gasteiger charge is -2.31. The number of methoxy groups -OCH3 is 1. The van der Waals surface area contributed by atoms with Gasteiger partial charge in [-0.25, -0.2) is 14.1 Å². The summed E-state index contributed by atoms with van der Waals surface area (Å²) in [5, 5.41) is 17.6. The van der Waals surface area contributed by atoms with Crippen LogP contribution in [0.2, 0.25) is 0 Å². The van der Waals surface area contributed by atoms with Gasteiger partial charge in [-0.15, -0.1) is 0 Å². The van der Waals surface area contributed by atoms with Crippen molar-refractivity contribution in [1.29, 1.82) is 5.26 Å². The third-order valence-electron chi connectivity index (χ3n) is 7.68. The zero-order valence-electron chi connectivity index (χ0n) is 29.2. The summed E-state index contributed by atoms with van der Waals surface area (Å²) < 4.78 is 55.8. The summed E-state index contributed by atoms with van der Waals surface area (Å²) in [7, 11) is -3.06. The van der Waals surface area contributed by atoms with Crippen LogP contribution in [0.1, 0.15) is 52.8 Å². The lowest BCUT2D eigenvalue weighted by molar-refractivity contribution is -0.173. The highest BCUT2D eigenvalue weighted by molar-refractivity contribution is 7.52. The molecule has 1 aliphatic heterocycles. The third kappa shape index (κ3) is 9.40. The smallest absolute Gasteiger partial charge is 0.459 e. The maximum atomic E-state index is 14.4. The fourth-order valence-electron chi connectivity index (χ4n) is 4.94. The van der Waals surface area contributed by atoms with E-state index in [0.29, 0.717) is 18.5 Å². The summed E-state index contributed by atoms with van der Waals surface area (Å²) >= 11 is 0. The predicted molar refractivity (Wildman–Crippen MR) is 180 cm³/mol. The first-order valence-corrected chi connectivity index (χ1v) is 17.8. The van der Waals surface area contributed by atoms with Gasteiger partial charge in [0.1, 0.15) is 42.4 Å². The Morgan fingerprint density at radius 1 is 1.04 bits per heavy atom. The van der Waals surface area contributed by atoms with E-state index in [1.807, 2.05) is 6.07 Å². The average molecular weight is 731 g/mol. The molecule has 3 aromatic rings. The lowest BCUT2D eigenvalue weighted by Crippen LogP contribution is -2.50. The molecule has 51 heavy (non-hydrogen) atoms. The van der Waals surface area contributed by atoms with E-state index in [4.69, 9.17) is 38.5 Å². The zero-order valence-corrected chi connectivity index (χ0v) is 30.1. The van der Waals surface area contributed by atoms with Gasteiger partial charge < -0.3 is 33.9 Å². The lowest BCUT2D eigenvalue weighted by atomic mass is 9.95. The molecule has 0 saturated carbocycles. The van der Waals surface area contributed by atoms with Gasteiger partial charge in [-0.05, 0) is 31.2 Å². The van der Waals surface area contributed by atoms with Crippen LogP contribution < -0.4 is 15.3 Å². The van der Waals surface area contributed by atoms with Crippen LogP contribution in [0.3, 0.4) is 0 Å². The van der Waals surface area contributed by atoms with Crippen molar-refractivity contribution in [2.75, 3.05) is 32.7 Å². The molecule has 4 rings (SSSR count). The van der Waals surface area contributed by atoms with Crippen LogP contribution in [0.5, 0.6) is 5.75 Å². The molecule has 6 atom stereocenters. The molecule has 0 aliphatic carbocycles. The summed E-state index contributed by atoms with van der Waals surface area (Å²) in [6.45, 7) is 7.31. The number of rotatable bonds is 17. The minimum absolute atomic E-state index is 0.0422. The van der Waals surface area contributed by atoms with E-state index < -0.39 is 74.1 Å². The van der Waals surface area contributed by atoms with Crippen molar-refractivity contribution in [2.24, 2.45) is 11.8 Å². The molecule has 1 aromatic carbocycles. The van der Waals surface area contributed by atoms with Gasteiger partial charge in [-0.2, -0.15) is 15.4 Å². The summed E-state index contributed by atoms with van der Waals surface area (Å²) in [5.74, 6) is -3.23. The van der Waals surface area contributed by atoms with E-state index in [2.05, 4.69) is 15.2 Å². The van der Waals surface area contributed by atoms with Crippen LogP contribution in [0.15, 0.2) is 48.8 Å². The maximum Gasteiger partial charge on any atom is 0.459 e. The van der Waals surface area contributed by atoms with Gasteiger partial charge in [-0.1, -0.05) is 45.9 Å². The van der Waals surface area contributed by atoms with Gasteiger partial charge in [0.15, 0.2) is 18.0 Å². The second-order valence-electron chi connectivity index (χ2n) is 12.3. The Labute approximate surface area is 295 Å². The highest BCUT2D eigenvalue weighted by Crippen LogP contribution is 2.50. The molecule has 276 valence electrons. The average Bonchev–Trinajstić information content (AvgIpc) is 3.66. The number of para-hydroxylation sites is 1. The first kappa shape index (κ1) is 39.2. The Balaban J connectivity index is 1.75. The number of hydrogen-bond donors (Lipinski definition) is 2. The first-order chi connectivity index (χ1) is 24.2. The van der Waals surface area contributed by atoms with Crippen LogP contribution >= 0.6 is 7.75 Å². The maximum absolute atomic E-state index is 14.4. The normalized spacial score (nSPS) is 21.9. The van der Waals surface area contributed by atoms with E-state index in [1.165, 1.54) is 37.0 Å². The molecular weight excluding hydrogens is 687 g/mol. The van der Waals surface area contributed by atoms with Crippen LogP contribution in [-0.4, -0.2) is 83.3 Å². The molecule has 1 saturated heterocycles. The Kier molecular flexibility index (Phi) is 13.1. The molecule has 17 nitrogen and oxygen atoms in total. The minimum atomic E-state index is -4.57. The quantitative estimate of drug-likeness (QED) is 0.0876. The summed E-state index contributed by atoms with van der Waals surface area (Å²) in [4.78, 5) is 43.0. The Bertz CT molecular complexity index is 1760. The highest BCUT2D eigenvalue weighted by Gasteiger charge is 2.62. The second-order valence-corrected chi connectivity index (χ2v) is 14.0. The van der Waals surface area contributed by atoms with Gasteiger partial charge in [-0.3, -0.25) is 18.9 Å². The van der Waals surface area contributed by atoms with Crippen molar-refractivity contribution in [3.8, 4) is 11.8 Å². The van der Waals surface area contributed by atoms with Crippen molar-refractivity contribution < 1.29 is 51.7 Å². The van der Waals surface area contributed by atoms with Crippen molar-refractivity contribution in [3.05, 3.63) is 54.5 Å². The van der Waals surface area contributed by atoms with Crippen molar-refractivity contribution in [2.45, 2.75) is 71.0 Å². The molecule has 0 radical (unpaired) electrons. The van der Waals surface area contributed by atoms with Crippen LogP contribution in [0.4, 0.5) is 5.82 Å². The fraction of sp³-hybridized carbons (Fsp3) is 0.515. The standard InChI is InChI=1S/C33H43N6O11P/c1-20(2)30(40)47-27-26(24-13-14-25-29(35)36-19-37-39(24)25)49-33(17-34,28(27)48-31(41)21(3)4)18-46-51(43,50-23-11-8-7-9-12-23)38-22(5)32(42)45-16-10-15-44-6/h7-9,11-14,19-22,26-28H,10,15-16,18H2,1-6H3,(H,38,43)(H2,35,36,37)/t22-,26-,27-,28-,33+,51?/m0/s1. The molecule has 2 aromatic heterocycles. The summed E-state index contributed by atoms with van der Waals surface area (Å²) in [6, 6.07) is 12.0. The first-order valence-electron chi connectivity index (χ1n) is 16.2. The number of nitrogens with two attached hydrogens (primary N) is 1. The van der Waals surface area contributed by atoms with Crippen molar-refractivity contribution in [3.63, 3.8) is 0 Å². The molecule has 1 aliphatic rings. The number of aromatic nitrogens is 3. The van der Waals surface area contributed by atoms with Crippen molar-refractivity contribution >= 4 is 37.0 Å². The number of nitriles is 1. The highest BCUT2D eigenvalue weighted by atomic mass is 31.2. The van der Waals surface area contributed by atoms with Crippen molar-refractivity contribution in [1.82, 2.24) is 19.7 Å². The van der Waals surface area contributed by atoms with Crippen LogP contribution in [-0.2, 0) is 47.2 Å². The number of nitrogens with one attached hydrogen (secondary N) is 1. The molecule has 3 N–H and O–H groups in total. The molecule has 0 amide bonds. The molecular formula is C33H43N6O11P. The van der Waals surface area contributed by atoms with Gasteiger partial charge in [0, 0.05) is 20.1 Å². The number of carbonyl (C=O) groups is 3. The van der Waals surface area contributed by atoms with E-state index in [-0.39, 0.29) is 23.9 Å². The number of esters is 3. The zero-order chi connectivity index (χ0) is 37.3. The molecule has 1 fully saturated rings. The SMILES string of the molecule is COCCCOC(=O)[C@H](C)NP(=O)(OC[C@@]1(C#N)O[C@@H](c2ccc3c(N)ncnn23)[C@H](OC(=O)C(C)C)[C@@H]1OC(=O)C(C)C)Oc1ccccc1. The monoisotopic (exact) mass is 730 g/mol. The number of ether oxygens (including phenoxy) is 5. The van der Waals surface area contributed by atoms with Crippen LogP contribution in [0.25, 0.3) is 5.52 Å². The summed E-state index contributed by atoms with van der Waals surface area (Å²) in [6.07, 6.45) is -2.70. The Hall–Kier alpha value is -4.59. The number of nitrogen functional groups attached to an aromatic ring is 1. The van der Waals surface area contributed by atoms with E-state index in [1.54, 1.807) is 58.0 Å². The van der Waals surface area contributed by atoms with Gasteiger partial charge in [0.2, 0.25) is 5.60 Å². The molecule has 18 heteroatoms.